The van der Waals surface area contributed by atoms with E-state index in [4.69, 9.17) is 10.4 Å². The molecule has 0 saturated heterocycles. The highest BCUT2D eigenvalue weighted by Crippen LogP contribution is 2.36. The van der Waals surface area contributed by atoms with Gasteiger partial charge in [-0.2, -0.15) is 5.26 Å². The standard InChI is InChI=1S/C17H18FNO2/c18-16-10-14(8-9-15(16)11-19)13-6-4-12(5-7-13)2-1-3-17(20)21/h1-2,8-10,12-13H,3-7H2,(H,20,21)/t12-,13-. The Kier molecular flexibility index (Phi) is 5.10. The Labute approximate surface area is 123 Å². The second-order valence-corrected chi connectivity index (χ2v) is 5.49. The molecule has 0 bridgehead atoms. The van der Waals surface area contributed by atoms with Crippen molar-refractivity contribution in [2.24, 2.45) is 5.92 Å². The van der Waals surface area contributed by atoms with Gasteiger partial charge < -0.3 is 5.11 Å². The topological polar surface area (TPSA) is 61.1 Å². The summed E-state index contributed by atoms with van der Waals surface area (Å²) < 4.78 is 13.6. The first-order valence-corrected chi connectivity index (χ1v) is 7.18. The number of allylic oxidation sites excluding steroid dienone is 1. The zero-order valence-corrected chi connectivity index (χ0v) is 11.8. The van der Waals surface area contributed by atoms with Crippen molar-refractivity contribution in [1.29, 1.82) is 5.26 Å². The van der Waals surface area contributed by atoms with Crippen molar-refractivity contribution in [3.8, 4) is 6.07 Å². The van der Waals surface area contributed by atoms with Crippen molar-refractivity contribution in [2.75, 3.05) is 0 Å². The first-order chi connectivity index (χ1) is 10.1. The number of carboxylic acid groups (broad SMARTS) is 1. The van der Waals surface area contributed by atoms with Gasteiger partial charge in [0.2, 0.25) is 0 Å². The molecular weight excluding hydrogens is 269 g/mol. The first-order valence-electron chi connectivity index (χ1n) is 7.18. The van der Waals surface area contributed by atoms with Gasteiger partial charge >= 0.3 is 5.97 Å². The Morgan fingerprint density at radius 2 is 2.10 bits per heavy atom. The van der Waals surface area contributed by atoms with Crippen LogP contribution < -0.4 is 0 Å². The van der Waals surface area contributed by atoms with E-state index >= 15 is 0 Å². The van der Waals surface area contributed by atoms with E-state index in [1.165, 1.54) is 6.07 Å². The number of rotatable bonds is 4. The number of nitriles is 1. The molecule has 1 fully saturated rings. The van der Waals surface area contributed by atoms with Gasteiger partial charge in [0, 0.05) is 0 Å². The van der Waals surface area contributed by atoms with Crippen LogP contribution in [0, 0.1) is 23.1 Å². The molecule has 0 atom stereocenters. The molecule has 0 aromatic heterocycles. The van der Waals surface area contributed by atoms with Crippen LogP contribution in [0.2, 0.25) is 0 Å². The number of hydrogen-bond donors (Lipinski definition) is 1. The van der Waals surface area contributed by atoms with Gasteiger partial charge in [-0.3, -0.25) is 4.79 Å². The minimum Gasteiger partial charge on any atom is -0.481 e. The van der Waals surface area contributed by atoms with Crippen LogP contribution in [0.1, 0.15) is 49.1 Å². The van der Waals surface area contributed by atoms with Crippen molar-refractivity contribution in [2.45, 2.75) is 38.0 Å². The maximum Gasteiger partial charge on any atom is 0.307 e. The predicted molar refractivity (Wildman–Crippen MR) is 77.2 cm³/mol. The lowest BCUT2D eigenvalue weighted by molar-refractivity contribution is -0.136. The van der Waals surface area contributed by atoms with Crippen molar-refractivity contribution >= 4 is 5.97 Å². The molecule has 110 valence electrons. The van der Waals surface area contributed by atoms with Crippen LogP contribution in [0.4, 0.5) is 4.39 Å². The average molecular weight is 287 g/mol. The summed E-state index contributed by atoms with van der Waals surface area (Å²) in [6.07, 6.45) is 7.69. The molecule has 1 saturated carbocycles. The molecular formula is C17H18FNO2. The summed E-state index contributed by atoms with van der Waals surface area (Å²) in [6, 6.07) is 6.69. The number of halogens is 1. The molecule has 0 heterocycles. The highest BCUT2D eigenvalue weighted by Gasteiger charge is 2.21. The molecule has 0 amide bonds. The van der Waals surface area contributed by atoms with Crippen molar-refractivity contribution in [1.82, 2.24) is 0 Å². The molecule has 4 heteroatoms. The third kappa shape index (κ3) is 4.16. The van der Waals surface area contributed by atoms with Crippen molar-refractivity contribution < 1.29 is 14.3 Å². The highest BCUT2D eigenvalue weighted by molar-refractivity contribution is 5.68. The second-order valence-electron chi connectivity index (χ2n) is 5.49. The van der Waals surface area contributed by atoms with Crippen LogP contribution in [0.5, 0.6) is 0 Å². The van der Waals surface area contributed by atoms with E-state index in [0.717, 1.165) is 31.2 Å². The Hall–Kier alpha value is -2.15. The zero-order chi connectivity index (χ0) is 15.2. The second kappa shape index (κ2) is 7.03. The minimum absolute atomic E-state index is 0.0702. The number of carbonyl (C=O) groups is 1. The molecule has 1 aromatic rings. The lowest BCUT2D eigenvalue weighted by Gasteiger charge is -2.27. The summed E-state index contributed by atoms with van der Waals surface area (Å²) in [7, 11) is 0. The van der Waals surface area contributed by atoms with E-state index in [9.17, 15) is 9.18 Å². The Bertz CT molecular complexity index is 581. The Morgan fingerprint density at radius 1 is 1.38 bits per heavy atom. The maximum atomic E-state index is 13.6. The van der Waals surface area contributed by atoms with Crippen LogP contribution in [0.15, 0.2) is 30.4 Å². The van der Waals surface area contributed by atoms with Crippen LogP contribution in [0.3, 0.4) is 0 Å². The van der Waals surface area contributed by atoms with E-state index < -0.39 is 11.8 Å². The van der Waals surface area contributed by atoms with Gasteiger partial charge in [0.25, 0.3) is 0 Å². The summed E-state index contributed by atoms with van der Waals surface area (Å²) >= 11 is 0. The van der Waals surface area contributed by atoms with Crippen molar-refractivity contribution in [3.05, 3.63) is 47.3 Å². The molecule has 2 rings (SSSR count). The highest BCUT2D eigenvalue weighted by atomic mass is 19.1. The largest absolute Gasteiger partial charge is 0.481 e. The minimum atomic E-state index is -0.812. The molecule has 1 aromatic carbocycles. The van der Waals surface area contributed by atoms with Gasteiger partial charge in [-0.25, -0.2) is 4.39 Å². The molecule has 0 spiro atoms. The summed E-state index contributed by atoms with van der Waals surface area (Å²) in [5.74, 6) is -0.508. The molecule has 0 unspecified atom stereocenters. The third-order valence-electron chi connectivity index (χ3n) is 4.06. The summed E-state index contributed by atoms with van der Waals surface area (Å²) in [5.41, 5.74) is 1.04. The lowest BCUT2D eigenvalue weighted by atomic mass is 9.78. The van der Waals surface area contributed by atoms with E-state index in [2.05, 4.69) is 0 Å². The molecule has 0 aliphatic heterocycles. The maximum absolute atomic E-state index is 13.6. The van der Waals surface area contributed by atoms with Gasteiger partial charge in [0.05, 0.1) is 12.0 Å². The molecule has 0 radical (unpaired) electrons. The van der Waals surface area contributed by atoms with E-state index in [1.54, 1.807) is 12.1 Å². The molecule has 1 aliphatic rings. The van der Waals surface area contributed by atoms with Gasteiger partial charge in [-0.1, -0.05) is 18.2 Å². The van der Waals surface area contributed by atoms with E-state index in [1.807, 2.05) is 18.2 Å². The number of aliphatic carboxylic acids is 1. The summed E-state index contributed by atoms with van der Waals surface area (Å²) in [5, 5.41) is 17.3. The van der Waals surface area contributed by atoms with Gasteiger partial charge in [-0.05, 0) is 55.2 Å². The number of nitrogens with zero attached hydrogens (tertiary/aromatic N) is 1. The monoisotopic (exact) mass is 287 g/mol. The Balaban J connectivity index is 1.92. The van der Waals surface area contributed by atoms with Gasteiger partial charge in [0.1, 0.15) is 11.9 Å². The van der Waals surface area contributed by atoms with Crippen LogP contribution in [-0.4, -0.2) is 11.1 Å². The Morgan fingerprint density at radius 3 is 2.67 bits per heavy atom. The molecule has 1 aliphatic carbocycles. The summed E-state index contributed by atoms with van der Waals surface area (Å²) in [4.78, 5) is 10.5. The van der Waals surface area contributed by atoms with Crippen LogP contribution in [0.25, 0.3) is 0 Å². The van der Waals surface area contributed by atoms with Crippen LogP contribution >= 0.6 is 0 Å². The van der Waals surface area contributed by atoms with Crippen molar-refractivity contribution in [3.63, 3.8) is 0 Å². The number of carboxylic acids is 1. The predicted octanol–water partition coefficient (Wildman–Crippen LogP) is 4.00. The quantitative estimate of drug-likeness (QED) is 0.851. The molecule has 3 nitrogen and oxygen atoms in total. The first kappa shape index (κ1) is 15.2. The number of hydrogen-bond acceptors (Lipinski definition) is 2. The van der Waals surface area contributed by atoms with Gasteiger partial charge in [0.15, 0.2) is 0 Å². The molecule has 1 N–H and O–H groups in total. The van der Waals surface area contributed by atoms with Gasteiger partial charge in [-0.15, -0.1) is 0 Å². The van der Waals surface area contributed by atoms with E-state index in [0.29, 0.717) is 11.8 Å². The smallest absolute Gasteiger partial charge is 0.307 e. The van der Waals surface area contributed by atoms with Crippen LogP contribution in [-0.2, 0) is 4.79 Å². The third-order valence-corrected chi connectivity index (χ3v) is 4.06. The molecule has 21 heavy (non-hydrogen) atoms. The van der Waals surface area contributed by atoms with E-state index in [-0.39, 0.29) is 12.0 Å². The number of benzene rings is 1. The summed E-state index contributed by atoms with van der Waals surface area (Å²) in [6.45, 7) is 0. The fourth-order valence-corrected chi connectivity index (χ4v) is 2.88. The zero-order valence-electron chi connectivity index (χ0n) is 11.8. The fraction of sp³-hybridized carbons (Fsp3) is 0.412. The normalized spacial score (nSPS) is 22.1. The lowest BCUT2D eigenvalue weighted by Crippen LogP contribution is -2.12. The SMILES string of the molecule is N#Cc1ccc([C@H]2CC[C@H](C=CCC(=O)O)CC2)cc1F. The fourth-order valence-electron chi connectivity index (χ4n) is 2.88. The average Bonchev–Trinajstić information content (AvgIpc) is 2.47.